The van der Waals surface area contributed by atoms with E-state index in [1.165, 1.54) is 7.11 Å². The Morgan fingerprint density at radius 3 is 2.80 bits per heavy atom. The monoisotopic (exact) mass is 143 g/mol. The first-order chi connectivity index (χ1) is 4.64. The molecule has 1 aliphatic rings. The van der Waals surface area contributed by atoms with Crippen LogP contribution >= 0.6 is 0 Å². The standard InChI is InChI=1S/C7H13NO2/c1-7(4-8)3-5(7)6(9)10-2/h5H,3-4,8H2,1-2H3/t5-,7+/m0/s1. The van der Waals surface area contributed by atoms with Gasteiger partial charge in [0.1, 0.15) is 0 Å². The van der Waals surface area contributed by atoms with Gasteiger partial charge in [-0.2, -0.15) is 0 Å². The maximum absolute atomic E-state index is 10.9. The Morgan fingerprint density at radius 1 is 1.90 bits per heavy atom. The van der Waals surface area contributed by atoms with Crippen LogP contribution in [-0.4, -0.2) is 19.6 Å². The van der Waals surface area contributed by atoms with Gasteiger partial charge in [0, 0.05) is 0 Å². The summed E-state index contributed by atoms with van der Waals surface area (Å²) in [4.78, 5) is 10.9. The molecule has 3 nitrogen and oxygen atoms in total. The first-order valence-electron chi connectivity index (χ1n) is 3.42. The van der Waals surface area contributed by atoms with E-state index in [0.29, 0.717) is 6.54 Å². The van der Waals surface area contributed by atoms with Gasteiger partial charge in [-0.1, -0.05) is 6.92 Å². The van der Waals surface area contributed by atoms with Crippen molar-refractivity contribution >= 4 is 5.97 Å². The van der Waals surface area contributed by atoms with Gasteiger partial charge in [0.15, 0.2) is 0 Å². The van der Waals surface area contributed by atoms with Gasteiger partial charge in [0.2, 0.25) is 0 Å². The normalized spacial score (nSPS) is 37.3. The molecule has 1 saturated carbocycles. The highest BCUT2D eigenvalue weighted by molar-refractivity contribution is 5.76. The highest BCUT2D eigenvalue weighted by Gasteiger charge is 2.54. The molecule has 0 heterocycles. The highest BCUT2D eigenvalue weighted by Crippen LogP contribution is 2.51. The molecule has 10 heavy (non-hydrogen) atoms. The van der Waals surface area contributed by atoms with E-state index in [2.05, 4.69) is 4.74 Å². The minimum atomic E-state index is -0.118. The van der Waals surface area contributed by atoms with Crippen LogP contribution in [0.2, 0.25) is 0 Å². The zero-order chi connectivity index (χ0) is 7.78. The van der Waals surface area contributed by atoms with Crippen molar-refractivity contribution in [2.24, 2.45) is 17.1 Å². The summed E-state index contributed by atoms with van der Waals surface area (Å²) in [5, 5.41) is 0. The third kappa shape index (κ3) is 1.01. The lowest BCUT2D eigenvalue weighted by Gasteiger charge is -2.04. The van der Waals surface area contributed by atoms with Crippen molar-refractivity contribution in [1.29, 1.82) is 0 Å². The van der Waals surface area contributed by atoms with Crippen LogP contribution in [0.1, 0.15) is 13.3 Å². The Bertz CT molecular complexity index is 158. The van der Waals surface area contributed by atoms with Crippen molar-refractivity contribution in [3.05, 3.63) is 0 Å². The summed E-state index contributed by atoms with van der Waals surface area (Å²) < 4.78 is 4.58. The van der Waals surface area contributed by atoms with Crippen molar-refractivity contribution in [2.75, 3.05) is 13.7 Å². The number of ether oxygens (including phenoxy) is 1. The van der Waals surface area contributed by atoms with Gasteiger partial charge >= 0.3 is 5.97 Å². The maximum Gasteiger partial charge on any atom is 0.309 e. The average molecular weight is 143 g/mol. The quantitative estimate of drug-likeness (QED) is 0.559. The molecule has 0 aromatic carbocycles. The number of rotatable bonds is 2. The zero-order valence-corrected chi connectivity index (χ0v) is 6.39. The minimum Gasteiger partial charge on any atom is -0.469 e. The molecule has 1 fully saturated rings. The van der Waals surface area contributed by atoms with E-state index in [0.717, 1.165) is 6.42 Å². The molecule has 1 rings (SSSR count). The topological polar surface area (TPSA) is 52.3 Å². The first kappa shape index (κ1) is 7.54. The fourth-order valence-electron chi connectivity index (χ4n) is 1.14. The lowest BCUT2D eigenvalue weighted by molar-refractivity contribution is -0.143. The second-order valence-corrected chi connectivity index (χ2v) is 3.14. The second kappa shape index (κ2) is 2.23. The van der Waals surface area contributed by atoms with Crippen LogP contribution in [-0.2, 0) is 9.53 Å². The lowest BCUT2D eigenvalue weighted by Crippen LogP contribution is -2.18. The van der Waals surface area contributed by atoms with Gasteiger partial charge in [-0.3, -0.25) is 4.79 Å². The molecule has 1 aliphatic carbocycles. The average Bonchev–Trinajstić information content (AvgIpc) is 2.62. The van der Waals surface area contributed by atoms with Crippen molar-refractivity contribution in [3.8, 4) is 0 Å². The Morgan fingerprint density at radius 2 is 2.50 bits per heavy atom. The van der Waals surface area contributed by atoms with Crippen molar-refractivity contribution < 1.29 is 9.53 Å². The van der Waals surface area contributed by atoms with E-state index in [4.69, 9.17) is 5.73 Å². The summed E-state index contributed by atoms with van der Waals surface area (Å²) in [7, 11) is 1.41. The van der Waals surface area contributed by atoms with Gasteiger partial charge in [-0.25, -0.2) is 0 Å². The van der Waals surface area contributed by atoms with Crippen molar-refractivity contribution in [1.82, 2.24) is 0 Å². The summed E-state index contributed by atoms with van der Waals surface area (Å²) in [5.74, 6) is -0.0598. The van der Waals surface area contributed by atoms with Gasteiger partial charge in [0.05, 0.1) is 13.0 Å². The van der Waals surface area contributed by atoms with Gasteiger partial charge in [0.25, 0.3) is 0 Å². The predicted molar refractivity (Wildman–Crippen MR) is 37.3 cm³/mol. The molecule has 0 radical (unpaired) electrons. The number of hydrogen-bond acceptors (Lipinski definition) is 3. The van der Waals surface area contributed by atoms with E-state index in [1.54, 1.807) is 0 Å². The largest absolute Gasteiger partial charge is 0.469 e. The van der Waals surface area contributed by atoms with E-state index in [9.17, 15) is 4.79 Å². The third-order valence-electron chi connectivity index (χ3n) is 2.30. The van der Waals surface area contributed by atoms with Crippen molar-refractivity contribution in [3.63, 3.8) is 0 Å². The third-order valence-corrected chi connectivity index (χ3v) is 2.30. The molecule has 58 valence electrons. The van der Waals surface area contributed by atoms with Crippen LogP contribution in [0.3, 0.4) is 0 Å². The maximum atomic E-state index is 10.9. The molecule has 0 bridgehead atoms. The predicted octanol–water partition coefficient (Wildman–Crippen LogP) is 0.144. The van der Waals surface area contributed by atoms with E-state index in [-0.39, 0.29) is 17.3 Å². The van der Waals surface area contributed by atoms with Crippen molar-refractivity contribution in [2.45, 2.75) is 13.3 Å². The molecule has 2 N–H and O–H groups in total. The van der Waals surface area contributed by atoms with E-state index in [1.807, 2.05) is 6.92 Å². The molecular weight excluding hydrogens is 130 g/mol. The number of nitrogens with two attached hydrogens (primary N) is 1. The molecule has 3 heteroatoms. The first-order valence-corrected chi connectivity index (χ1v) is 3.42. The van der Waals surface area contributed by atoms with Gasteiger partial charge in [-0.05, 0) is 18.4 Å². The molecule has 0 amide bonds. The van der Waals surface area contributed by atoms with E-state index >= 15 is 0 Å². The SMILES string of the molecule is COC(=O)[C@@H]1C[C@]1(C)CN. The number of hydrogen-bond donors (Lipinski definition) is 1. The molecule has 0 saturated heterocycles. The highest BCUT2D eigenvalue weighted by atomic mass is 16.5. The van der Waals surface area contributed by atoms with Gasteiger partial charge in [-0.15, -0.1) is 0 Å². The molecule has 0 unspecified atom stereocenters. The smallest absolute Gasteiger partial charge is 0.309 e. The van der Waals surface area contributed by atoms with Crippen LogP contribution in [0.25, 0.3) is 0 Å². The summed E-state index contributed by atoms with van der Waals surface area (Å²) in [6.45, 7) is 2.58. The summed E-state index contributed by atoms with van der Waals surface area (Å²) in [6.07, 6.45) is 0.885. The molecule has 2 atom stereocenters. The Hall–Kier alpha value is -0.570. The molecule has 0 aromatic rings. The Kier molecular flexibility index (Phi) is 1.68. The number of carbonyl (C=O) groups excluding carboxylic acids is 1. The summed E-state index contributed by atoms with van der Waals surface area (Å²) in [5.41, 5.74) is 5.48. The Labute approximate surface area is 60.5 Å². The fraction of sp³-hybridized carbons (Fsp3) is 0.857. The van der Waals surface area contributed by atoms with Crippen LogP contribution in [0, 0.1) is 11.3 Å². The second-order valence-electron chi connectivity index (χ2n) is 3.14. The van der Waals surface area contributed by atoms with Crippen LogP contribution in [0.4, 0.5) is 0 Å². The lowest BCUT2D eigenvalue weighted by atomic mass is 10.1. The van der Waals surface area contributed by atoms with Crippen LogP contribution in [0.5, 0.6) is 0 Å². The minimum absolute atomic E-state index is 0.0348. The van der Waals surface area contributed by atoms with Crippen LogP contribution < -0.4 is 5.73 Å². The molecular formula is C7H13NO2. The Balaban J connectivity index is 2.44. The number of methoxy groups -OCH3 is 1. The fourth-order valence-corrected chi connectivity index (χ4v) is 1.14. The van der Waals surface area contributed by atoms with Gasteiger partial charge < -0.3 is 10.5 Å². The molecule has 0 spiro atoms. The summed E-state index contributed by atoms with van der Waals surface area (Å²) in [6, 6.07) is 0. The van der Waals surface area contributed by atoms with Crippen LogP contribution in [0.15, 0.2) is 0 Å². The molecule has 0 aromatic heterocycles. The number of carbonyl (C=O) groups is 1. The zero-order valence-electron chi connectivity index (χ0n) is 6.39. The van der Waals surface area contributed by atoms with E-state index < -0.39 is 0 Å². The summed E-state index contributed by atoms with van der Waals surface area (Å²) >= 11 is 0. The molecule has 0 aliphatic heterocycles. The number of esters is 1.